The molecule has 0 spiro atoms. The van der Waals surface area contributed by atoms with Crippen LogP contribution in [0.2, 0.25) is 0 Å². The first-order valence-electron chi connectivity index (χ1n) is 6.47. The standard InChI is InChI=1S/C12H14FN3O5S2/c1-21-11(18)8-4-14-12(22-2)15-10(8)16-5-7(3-9(16)17)6-23(13,19)20/h4,7H,3,5-6H2,1-2H3. The van der Waals surface area contributed by atoms with E-state index in [4.69, 9.17) is 0 Å². The van der Waals surface area contributed by atoms with E-state index in [2.05, 4.69) is 14.7 Å². The number of ether oxygens (including phenoxy) is 1. The maximum absolute atomic E-state index is 12.8. The Morgan fingerprint density at radius 2 is 2.26 bits per heavy atom. The van der Waals surface area contributed by atoms with Crippen LogP contribution in [0, 0.1) is 5.92 Å². The second-order valence-electron chi connectivity index (χ2n) is 4.87. The van der Waals surface area contributed by atoms with Crippen molar-refractivity contribution >= 4 is 39.7 Å². The van der Waals surface area contributed by atoms with Crippen molar-refractivity contribution in [3.05, 3.63) is 11.8 Å². The zero-order chi connectivity index (χ0) is 17.2. The van der Waals surface area contributed by atoms with Crippen LogP contribution in [0.1, 0.15) is 16.8 Å². The van der Waals surface area contributed by atoms with Crippen LogP contribution in [0.25, 0.3) is 0 Å². The van der Waals surface area contributed by atoms with Gasteiger partial charge in [-0.3, -0.25) is 9.69 Å². The normalized spacial score (nSPS) is 18.3. The summed E-state index contributed by atoms with van der Waals surface area (Å²) in [7, 11) is -3.51. The molecule has 1 fully saturated rings. The molecule has 2 rings (SSSR count). The van der Waals surface area contributed by atoms with Crippen LogP contribution in [0.15, 0.2) is 11.4 Å². The van der Waals surface area contributed by atoms with Crippen molar-refractivity contribution < 1.29 is 26.6 Å². The molecule has 1 amide bonds. The highest BCUT2D eigenvalue weighted by atomic mass is 32.3. The van der Waals surface area contributed by atoms with E-state index in [9.17, 15) is 21.9 Å². The summed E-state index contributed by atoms with van der Waals surface area (Å²) in [5.41, 5.74) is -0.0117. The predicted octanol–water partition coefficient (Wildman–Crippen LogP) is 0.637. The molecule has 0 aliphatic carbocycles. The summed E-state index contributed by atoms with van der Waals surface area (Å²) in [5, 5.41) is 0.335. The third-order valence-electron chi connectivity index (χ3n) is 3.23. The van der Waals surface area contributed by atoms with Gasteiger partial charge in [0.15, 0.2) is 11.0 Å². The Morgan fingerprint density at radius 3 is 2.83 bits per heavy atom. The first-order valence-corrected chi connectivity index (χ1v) is 9.25. The summed E-state index contributed by atoms with van der Waals surface area (Å²) < 4.78 is 39.0. The lowest BCUT2D eigenvalue weighted by molar-refractivity contribution is -0.117. The molecule has 2 heterocycles. The number of aromatic nitrogens is 2. The number of carbonyl (C=O) groups excluding carboxylic acids is 2. The van der Waals surface area contributed by atoms with E-state index >= 15 is 0 Å². The van der Waals surface area contributed by atoms with Gasteiger partial charge in [-0.25, -0.2) is 14.8 Å². The lowest BCUT2D eigenvalue weighted by Gasteiger charge is -2.18. The summed E-state index contributed by atoms with van der Waals surface area (Å²) in [6, 6.07) is 0. The summed E-state index contributed by atoms with van der Waals surface area (Å²) in [6.07, 6.45) is 2.83. The van der Waals surface area contributed by atoms with Crippen molar-refractivity contribution in [3.63, 3.8) is 0 Å². The number of esters is 1. The van der Waals surface area contributed by atoms with Crippen molar-refractivity contribution in [3.8, 4) is 0 Å². The van der Waals surface area contributed by atoms with E-state index in [1.165, 1.54) is 30.0 Å². The molecule has 0 saturated carbocycles. The summed E-state index contributed by atoms with van der Waals surface area (Å²) in [6.45, 7) is -0.0448. The molecule has 1 aromatic rings. The summed E-state index contributed by atoms with van der Waals surface area (Å²) >= 11 is 1.21. The van der Waals surface area contributed by atoms with E-state index in [-0.39, 0.29) is 24.3 Å². The number of carbonyl (C=O) groups is 2. The van der Waals surface area contributed by atoms with Gasteiger partial charge in [-0.15, -0.1) is 3.89 Å². The van der Waals surface area contributed by atoms with Crippen molar-refractivity contribution in [1.82, 2.24) is 9.97 Å². The highest BCUT2D eigenvalue weighted by Crippen LogP contribution is 2.29. The number of halogens is 1. The minimum Gasteiger partial charge on any atom is -0.465 e. The molecular formula is C12H14FN3O5S2. The molecule has 11 heteroatoms. The molecule has 0 radical (unpaired) electrons. The third-order valence-corrected chi connectivity index (χ3v) is 4.66. The van der Waals surface area contributed by atoms with Gasteiger partial charge in [0.05, 0.1) is 12.9 Å². The number of anilines is 1. The van der Waals surface area contributed by atoms with Crippen LogP contribution in [-0.4, -0.2) is 55.9 Å². The molecule has 0 bridgehead atoms. The van der Waals surface area contributed by atoms with Gasteiger partial charge in [0.25, 0.3) is 0 Å². The second-order valence-corrected chi connectivity index (χ2v) is 7.05. The highest BCUT2D eigenvalue weighted by Gasteiger charge is 2.36. The molecule has 8 nitrogen and oxygen atoms in total. The highest BCUT2D eigenvalue weighted by molar-refractivity contribution is 7.98. The molecule has 1 unspecified atom stereocenters. The molecule has 1 saturated heterocycles. The average Bonchev–Trinajstić information content (AvgIpc) is 2.84. The number of hydrogen-bond acceptors (Lipinski definition) is 8. The fraction of sp³-hybridized carbons (Fsp3) is 0.500. The van der Waals surface area contributed by atoms with Crippen LogP contribution >= 0.6 is 11.8 Å². The molecule has 1 aromatic heterocycles. The van der Waals surface area contributed by atoms with Crippen LogP contribution in [-0.2, 0) is 19.8 Å². The molecule has 0 aromatic carbocycles. The third kappa shape index (κ3) is 4.16. The Bertz CT molecular complexity index is 740. The summed E-state index contributed by atoms with van der Waals surface area (Å²) in [4.78, 5) is 33.2. The zero-order valence-electron chi connectivity index (χ0n) is 12.4. The van der Waals surface area contributed by atoms with E-state index in [1.54, 1.807) is 6.26 Å². The maximum atomic E-state index is 12.8. The topological polar surface area (TPSA) is 107 Å². The number of methoxy groups -OCH3 is 1. The molecule has 1 aliphatic heterocycles. The first-order chi connectivity index (χ1) is 10.7. The number of nitrogens with zero attached hydrogens (tertiary/aromatic N) is 3. The van der Waals surface area contributed by atoms with Crippen LogP contribution in [0.4, 0.5) is 9.70 Å². The quantitative estimate of drug-likeness (QED) is 0.325. The van der Waals surface area contributed by atoms with Crippen LogP contribution < -0.4 is 4.90 Å². The van der Waals surface area contributed by atoms with E-state index < -0.39 is 33.8 Å². The molecular weight excluding hydrogens is 349 g/mol. The van der Waals surface area contributed by atoms with Gasteiger partial charge < -0.3 is 4.74 Å². The molecule has 1 atom stereocenters. The zero-order valence-corrected chi connectivity index (χ0v) is 14.0. The van der Waals surface area contributed by atoms with Crippen LogP contribution in [0.5, 0.6) is 0 Å². The van der Waals surface area contributed by atoms with Crippen molar-refractivity contribution in [2.75, 3.05) is 30.6 Å². The fourth-order valence-corrected chi connectivity index (χ4v) is 3.42. The van der Waals surface area contributed by atoms with Gasteiger partial charge in [0, 0.05) is 25.1 Å². The SMILES string of the molecule is COC(=O)c1cnc(SC)nc1N1CC(CS(=O)(=O)F)CC1=O. The average molecular weight is 363 g/mol. The lowest BCUT2D eigenvalue weighted by atomic mass is 10.1. The van der Waals surface area contributed by atoms with Crippen molar-refractivity contribution in [1.29, 1.82) is 0 Å². The smallest absolute Gasteiger partial charge is 0.343 e. The molecule has 23 heavy (non-hydrogen) atoms. The van der Waals surface area contributed by atoms with E-state index in [0.29, 0.717) is 5.16 Å². The Hall–Kier alpha value is -1.75. The van der Waals surface area contributed by atoms with Gasteiger partial charge in [0.1, 0.15) is 5.56 Å². The number of thioether (sulfide) groups is 1. The van der Waals surface area contributed by atoms with Gasteiger partial charge in [-0.2, -0.15) is 8.42 Å². The van der Waals surface area contributed by atoms with Crippen LogP contribution in [0.3, 0.4) is 0 Å². The first kappa shape index (κ1) is 17.6. The minimum absolute atomic E-state index is 0.0117. The monoisotopic (exact) mass is 363 g/mol. The van der Waals surface area contributed by atoms with Gasteiger partial charge >= 0.3 is 16.2 Å². The molecule has 1 aliphatic rings. The number of hydrogen-bond donors (Lipinski definition) is 0. The van der Waals surface area contributed by atoms with E-state index in [0.717, 1.165) is 0 Å². The van der Waals surface area contributed by atoms with E-state index in [1.807, 2.05) is 0 Å². The number of rotatable bonds is 5. The maximum Gasteiger partial charge on any atom is 0.343 e. The Labute approximate surface area is 136 Å². The Balaban J connectivity index is 2.36. The lowest BCUT2D eigenvalue weighted by Crippen LogP contribution is -2.29. The minimum atomic E-state index is -4.69. The van der Waals surface area contributed by atoms with Gasteiger partial charge in [-0.05, 0) is 6.26 Å². The fourth-order valence-electron chi connectivity index (χ4n) is 2.29. The molecule has 126 valence electrons. The van der Waals surface area contributed by atoms with Gasteiger partial charge in [0.2, 0.25) is 5.91 Å². The van der Waals surface area contributed by atoms with Crippen molar-refractivity contribution in [2.24, 2.45) is 5.92 Å². The molecule has 0 N–H and O–H groups in total. The second kappa shape index (κ2) is 6.79. The van der Waals surface area contributed by atoms with Crippen molar-refractivity contribution in [2.45, 2.75) is 11.6 Å². The van der Waals surface area contributed by atoms with Gasteiger partial charge in [-0.1, -0.05) is 11.8 Å². The Kier molecular flexibility index (Phi) is 5.19. The number of amides is 1. The summed E-state index contributed by atoms with van der Waals surface area (Å²) in [5.74, 6) is -2.56. The Morgan fingerprint density at radius 1 is 1.57 bits per heavy atom. The largest absolute Gasteiger partial charge is 0.465 e. The predicted molar refractivity (Wildman–Crippen MR) is 80.5 cm³/mol.